The fourth-order valence-electron chi connectivity index (χ4n) is 4.56. The zero-order valence-electron chi connectivity index (χ0n) is 19.9. The monoisotopic (exact) mass is 506 g/mol. The summed E-state index contributed by atoms with van der Waals surface area (Å²) in [5, 5.41) is 0.313. The molecule has 0 aromatic heterocycles. The lowest BCUT2D eigenvalue weighted by molar-refractivity contribution is 0.0197. The summed E-state index contributed by atoms with van der Waals surface area (Å²) in [4.78, 5) is 14.5. The van der Waals surface area contributed by atoms with Crippen LogP contribution in [-0.4, -0.2) is 54.5 Å². The Balaban J connectivity index is 1.72. The molecule has 7 nitrogen and oxygen atoms in total. The summed E-state index contributed by atoms with van der Waals surface area (Å²) >= 11 is 6.18. The van der Waals surface area contributed by atoms with Crippen molar-refractivity contribution in [1.29, 1.82) is 0 Å². The van der Waals surface area contributed by atoms with Crippen molar-refractivity contribution in [3.63, 3.8) is 0 Å². The van der Waals surface area contributed by atoms with Crippen LogP contribution in [0.4, 0.5) is 4.79 Å². The molecule has 1 fully saturated rings. The summed E-state index contributed by atoms with van der Waals surface area (Å²) in [5.41, 5.74) is 0.238. The Hall–Kier alpha value is -2.29. The number of nitrogens with zero attached hydrogens (tertiary/aromatic N) is 2. The van der Waals surface area contributed by atoms with Gasteiger partial charge in [-0.2, -0.15) is 4.31 Å². The van der Waals surface area contributed by atoms with Crippen molar-refractivity contribution in [2.45, 2.75) is 69.2 Å². The molecule has 2 aromatic rings. The van der Waals surface area contributed by atoms with Gasteiger partial charge < -0.3 is 14.4 Å². The second-order valence-electron chi connectivity index (χ2n) is 9.83. The second kappa shape index (κ2) is 9.40. The Kier molecular flexibility index (Phi) is 6.86. The second-order valence-corrected chi connectivity index (χ2v) is 12.1. The number of likely N-dealkylation sites (tertiary alicyclic amines) is 1. The van der Waals surface area contributed by atoms with Crippen LogP contribution in [0.2, 0.25) is 5.02 Å². The summed E-state index contributed by atoms with van der Waals surface area (Å²) in [6.45, 7) is 7.97. The molecular formula is C25H31ClN2O5S. The largest absolute Gasteiger partial charge is 0.483 e. The van der Waals surface area contributed by atoms with Gasteiger partial charge in [0.25, 0.3) is 0 Å². The Morgan fingerprint density at radius 2 is 1.88 bits per heavy atom. The maximum Gasteiger partial charge on any atom is 0.410 e. The lowest BCUT2D eigenvalue weighted by atomic mass is 10.0. The quantitative estimate of drug-likeness (QED) is 0.568. The number of hydrogen-bond acceptors (Lipinski definition) is 5. The van der Waals surface area contributed by atoms with Gasteiger partial charge in [0.1, 0.15) is 22.4 Å². The van der Waals surface area contributed by atoms with E-state index in [2.05, 4.69) is 0 Å². The highest BCUT2D eigenvalue weighted by Crippen LogP contribution is 2.40. The number of carbonyl (C=O) groups is 1. The molecule has 3 atom stereocenters. The van der Waals surface area contributed by atoms with Crippen LogP contribution < -0.4 is 4.74 Å². The van der Waals surface area contributed by atoms with Crippen LogP contribution in [0, 0.1) is 0 Å². The number of benzene rings is 2. The van der Waals surface area contributed by atoms with Crippen LogP contribution in [0.25, 0.3) is 0 Å². The number of sulfonamides is 1. The molecule has 0 unspecified atom stereocenters. The van der Waals surface area contributed by atoms with E-state index in [9.17, 15) is 13.2 Å². The first-order valence-electron chi connectivity index (χ1n) is 11.5. The highest BCUT2D eigenvalue weighted by molar-refractivity contribution is 7.89. The molecule has 1 saturated heterocycles. The summed E-state index contributed by atoms with van der Waals surface area (Å²) in [7, 11) is -3.96. The summed E-state index contributed by atoms with van der Waals surface area (Å²) in [6, 6.07) is 13.4. The van der Waals surface area contributed by atoms with Gasteiger partial charge in [-0.3, -0.25) is 0 Å². The van der Waals surface area contributed by atoms with E-state index >= 15 is 0 Å². The third kappa shape index (κ3) is 5.04. The molecule has 2 aliphatic rings. The number of rotatable bonds is 3. The van der Waals surface area contributed by atoms with E-state index in [4.69, 9.17) is 21.1 Å². The maximum atomic E-state index is 13.9. The SMILES string of the molecule is C[C@H]1[C@H](c2ccccc2)Oc2ccc(Cl)cc2S(=O)(=O)N1C[C@@H]1CCCN1C(=O)OC(C)(C)C. The normalized spacial score (nSPS) is 24.7. The minimum absolute atomic E-state index is 0.0343. The molecule has 0 spiro atoms. The van der Waals surface area contributed by atoms with Gasteiger partial charge in [-0.1, -0.05) is 41.9 Å². The van der Waals surface area contributed by atoms with Crippen molar-refractivity contribution >= 4 is 27.7 Å². The maximum absolute atomic E-state index is 13.9. The van der Waals surface area contributed by atoms with Gasteiger partial charge >= 0.3 is 6.09 Å². The third-order valence-electron chi connectivity index (χ3n) is 6.16. The zero-order valence-corrected chi connectivity index (χ0v) is 21.5. The van der Waals surface area contributed by atoms with E-state index in [0.717, 1.165) is 12.0 Å². The molecule has 1 amide bonds. The van der Waals surface area contributed by atoms with E-state index in [1.807, 2.05) is 58.0 Å². The average Bonchev–Trinajstić information content (AvgIpc) is 3.21. The average molecular weight is 507 g/mol. The predicted molar refractivity (Wildman–Crippen MR) is 131 cm³/mol. The first-order valence-corrected chi connectivity index (χ1v) is 13.3. The molecule has 0 N–H and O–H groups in total. The summed E-state index contributed by atoms with van der Waals surface area (Å²) in [5.74, 6) is 0.267. The van der Waals surface area contributed by atoms with Crippen molar-refractivity contribution < 1.29 is 22.7 Å². The first kappa shape index (κ1) is 24.8. The molecule has 0 radical (unpaired) electrons. The van der Waals surface area contributed by atoms with Gasteiger partial charge in [0.15, 0.2) is 0 Å². The Morgan fingerprint density at radius 1 is 1.18 bits per heavy atom. The molecule has 34 heavy (non-hydrogen) atoms. The van der Waals surface area contributed by atoms with Gasteiger partial charge in [0.05, 0.1) is 6.04 Å². The molecule has 0 bridgehead atoms. The van der Waals surface area contributed by atoms with Gasteiger partial charge in [-0.05, 0) is 64.3 Å². The molecular weight excluding hydrogens is 476 g/mol. The van der Waals surface area contributed by atoms with E-state index in [1.54, 1.807) is 17.0 Å². The number of fused-ring (bicyclic) bond motifs is 1. The van der Waals surface area contributed by atoms with Gasteiger partial charge in [-0.15, -0.1) is 0 Å². The van der Waals surface area contributed by atoms with Crippen LogP contribution >= 0.6 is 11.6 Å². The number of carbonyl (C=O) groups excluding carboxylic acids is 1. The molecule has 4 rings (SSSR count). The molecule has 0 saturated carbocycles. The lowest BCUT2D eigenvalue weighted by Gasteiger charge is -2.35. The Bertz CT molecular complexity index is 1150. The van der Waals surface area contributed by atoms with E-state index in [1.165, 1.54) is 10.4 Å². The van der Waals surface area contributed by atoms with Crippen LogP contribution in [0.3, 0.4) is 0 Å². The third-order valence-corrected chi connectivity index (χ3v) is 8.37. The number of halogens is 1. The smallest absolute Gasteiger partial charge is 0.410 e. The van der Waals surface area contributed by atoms with Crippen LogP contribution in [0.1, 0.15) is 52.2 Å². The number of amides is 1. The molecule has 2 aromatic carbocycles. The van der Waals surface area contributed by atoms with Crippen molar-refractivity contribution in [3.8, 4) is 5.75 Å². The van der Waals surface area contributed by atoms with Gasteiger partial charge in [0.2, 0.25) is 10.0 Å². The minimum atomic E-state index is -3.96. The van der Waals surface area contributed by atoms with Gasteiger partial charge in [-0.25, -0.2) is 13.2 Å². The summed E-state index contributed by atoms with van der Waals surface area (Å²) in [6.07, 6.45) is 0.522. The Morgan fingerprint density at radius 3 is 2.56 bits per heavy atom. The van der Waals surface area contributed by atoms with Crippen LogP contribution in [-0.2, 0) is 14.8 Å². The number of ether oxygens (including phenoxy) is 2. The van der Waals surface area contributed by atoms with Crippen LogP contribution in [0.5, 0.6) is 5.75 Å². The highest BCUT2D eigenvalue weighted by Gasteiger charge is 2.44. The molecule has 184 valence electrons. The van der Waals surface area contributed by atoms with E-state index in [0.29, 0.717) is 18.0 Å². The lowest BCUT2D eigenvalue weighted by Crippen LogP contribution is -2.50. The fraction of sp³-hybridized carbons (Fsp3) is 0.480. The topological polar surface area (TPSA) is 76.2 Å². The van der Waals surface area contributed by atoms with Crippen molar-refractivity contribution in [1.82, 2.24) is 9.21 Å². The molecule has 2 aliphatic heterocycles. The zero-order chi connectivity index (χ0) is 24.7. The van der Waals surface area contributed by atoms with E-state index in [-0.39, 0.29) is 23.2 Å². The van der Waals surface area contributed by atoms with Gasteiger partial charge in [0, 0.05) is 24.2 Å². The first-order chi connectivity index (χ1) is 16.0. The molecule has 9 heteroatoms. The standard InChI is InChI=1S/C25H31ClN2O5S/c1-17-23(18-9-6-5-7-10-18)32-21-13-12-19(26)15-22(21)34(30,31)28(17)16-20-11-8-14-27(20)24(29)33-25(2,3)4/h5-7,9-10,12-13,15,17,20,23H,8,11,14,16H2,1-4H3/t17-,20-,23+/m0/s1. The highest BCUT2D eigenvalue weighted by atomic mass is 35.5. The van der Waals surface area contributed by atoms with Crippen molar-refractivity contribution in [2.75, 3.05) is 13.1 Å². The van der Waals surface area contributed by atoms with Crippen LogP contribution in [0.15, 0.2) is 53.4 Å². The van der Waals surface area contributed by atoms with E-state index < -0.39 is 33.9 Å². The minimum Gasteiger partial charge on any atom is -0.483 e. The van der Waals surface area contributed by atoms with Crippen molar-refractivity contribution in [2.24, 2.45) is 0 Å². The predicted octanol–water partition coefficient (Wildman–Crippen LogP) is 5.25. The fourth-order valence-corrected chi connectivity index (χ4v) is 6.61. The Labute approximate surface area is 206 Å². The molecule has 2 heterocycles. The summed E-state index contributed by atoms with van der Waals surface area (Å²) < 4.78 is 41.2. The van der Waals surface area contributed by atoms with Crippen molar-refractivity contribution in [3.05, 3.63) is 59.1 Å². The number of hydrogen-bond donors (Lipinski definition) is 0. The molecule has 0 aliphatic carbocycles.